The Morgan fingerprint density at radius 2 is 2.04 bits per heavy atom. The smallest absolute Gasteiger partial charge is 0.261 e. The molecule has 0 radical (unpaired) electrons. The molecule has 1 atom stereocenters. The van der Waals surface area contributed by atoms with Crippen molar-refractivity contribution in [2.45, 2.75) is 19.5 Å². The van der Waals surface area contributed by atoms with Crippen molar-refractivity contribution >= 4 is 55.9 Å². The number of carbonyl (C=O) groups excluding carboxylic acids is 1. The number of halogens is 4. The van der Waals surface area contributed by atoms with Crippen LogP contribution in [-0.4, -0.2) is 15.5 Å². The molecule has 0 bridgehead atoms. The van der Waals surface area contributed by atoms with Crippen LogP contribution in [0, 0.1) is 5.82 Å². The Morgan fingerprint density at radius 3 is 2.78 bits per heavy atom. The second-order valence-corrected chi connectivity index (χ2v) is 7.65. The predicted molar refractivity (Wildman–Crippen MR) is 107 cm³/mol. The molecule has 3 rings (SSSR count). The van der Waals surface area contributed by atoms with Gasteiger partial charge in [0.15, 0.2) is 0 Å². The molecule has 0 aliphatic carbocycles. The highest BCUT2D eigenvalue weighted by Crippen LogP contribution is 2.28. The third-order valence-electron chi connectivity index (χ3n) is 3.98. The summed E-state index contributed by atoms with van der Waals surface area (Å²) in [6.45, 7) is 1.43. The second-order valence-electron chi connectivity index (χ2n) is 5.92. The second kappa shape index (κ2) is 7.96. The Kier molecular flexibility index (Phi) is 5.83. The molecule has 3 aromatic rings. The molecule has 1 unspecified atom stereocenters. The van der Waals surface area contributed by atoms with E-state index in [1.54, 1.807) is 25.1 Å². The van der Waals surface area contributed by atoms with Crippen LogP contribution in [0.4, 0.5) is 4.39 Å². The third-order valence-corrected chi connectivity index (χ3v) is 5.09. The van der Waals surface area contributed by atoms with E-state index in [0.717, 1.165) is 4.47 Å². The van der Waals surface area contributed by atoms with Gasteiger partial charge in [0.2, 0.25) is 5.91 Å². The summed E-state index contributed by atoms with van der Waals surface area (Å²) in [4.78, 5) is 29.1. The average Bonchev–Trinajstić information content (AvgIpc) is 2.61. The lowest BCUT2D eigenvalue weighted by Crippen LogP contribution is -2.34. The van der Waals surface area contributed by atoms with Gasteiger partial charge in [0.05, 0.1) is 28.3 Å². The monoisotopic (exact) mass is 471 g/mol. The Morgan fingerprint density at radius 1 is 1.30 bits per heavy atom. The van der Waals surface area contributed by atoms with Gasteiger partial charge in [0, 0.05) is 9.50 Å². The fourth-order valence-corrected chi connectivity index (χ4v) is 3.54. The quantitative estimate of drug-likeness (QED) is 0.569. The maximum absolute atomic E-state index is 13.7. The summed E-state index contributed by atoms with van der Waals surface area (Å²) in [6.07, 6.45) is 1.32. The van der Waals surface area contributed by atoms with Crippen LogP contribution in [0.5, 0.6) is 0 Å². The Labute approximate surface area is 172 Å². The number of hydrogen-bond acceptors (Lipinski definition) is 3. The first-order valence-electron chi connectivity index (χ1n) is 7.85. The van der Waals surface area contributed by atoms with Crippen LogP contribution in [0.25, 0.3) is 10.9 Å². The molecule has 0 spiro atoms. The van der Waals surface area contributed by atoms with Crippen LogP contribution in [0.2, 0.25) is 10.0 Å². The lowest BCUT2D eigenvalue weighted by Gasteiger charge is -2.17. The molecule has 0 saturated carbocycles. The average molecular weight is 473 g/mol. The molecule has 1 N–H and O–H groups in total. The summed E-state index contributed by atoms with van der Waals surface area (Å²) in [7, 11) is 0. The van der Waals surface area contributed by atoms with Gasteiger partial charge in [-0.15, -0.1) is 0 Å². The Balaban J connectivity index is 1.80. The number of rotatable bonds is 4. The van der Waals surface area contributed by atoms with E-state index in [1.165, 1.54) is 23.0 Å². The van der Waals surface area contributed by atoms with Crippen LogP contribution < -0.4 is 10.9 Å². The SMILES string of the molecule is CC(NC(=O)Cn1cnc2ccc(Br)cc2c1=O)c1cc(F)c(Cl)cc1Cl. The van der Waals surface area contributed by atoms with Gasteiger partial charge in [-0.2, -0.15) is 0 Å². The molecule has 0 saturated heterocycles. The summed E-state index contributed by atoms with van der Waals surface area (Å²) < 4.78 is 15.6. The van der Waals surface area contributed by atoms with Gasteiger partial charge >= 0.3 is 0 Å². The van der Waals surface area contributed by atoms with E-state index >= 15 is 0 Å². The van der Waals surface area contributed by atoms with Crippen LogP contribution in [0.1, 0.15) is 18.5 Å². The first kappa shape index (κ1) is 19.8. The lowest BCUT2D eigenvalue weighted by molar-refractivity contribution is -0.122. The van der Waals surface area contributed by atoms with E-state index in [2.05, 4.69) is 26.2 Å². The molecule has 27 heavy (non-hydrogen) atoms. The van der Waals surface area contributed by atoms with Gasteiger partial charge < -0.3 is 5.32 Å². The largest absolute Gasteiger partial charge is 0.348 e. The maximum Gasteiger partial charge on any atom is 0.261 e. The fourth-order valence-electron chi connectivity index (χ4n) is 2.63. The zero-order chi connectivity index (χ0) is 19.7. The van der Waals surface area contributed by atoms with E-state index in [4.69, 9.17) is 23.2 Å². The number of nitrogens with zero attached hydrogens (tertiary/aromatic N) is 2. The molecule has 1 amide bonds. The zero-order valence-corrected chi connectivity index (χ0v) is 17.1. The van der Waals surface area contributed by atoms with E-state index in [9.17, 15) is 14.0 Å². The molecule has 0 fully saturated rings. The van der Waals surface area contributed by atoms with Crippen LogP contribution in [0.15, 0.2) is 45.9 Å². The van der Waals surface area contributed by atoms with E-state index in [0.29, 0.717) is 16.5 Å². The van der Waals surface area contributed by atoms with E-state index in [1.807, 2.05) is 0 Å². The number of amides is 1. The molecule has 0 aliphatic rings. The van der Waals surface area contributed by atoms with Crippen molar-refractivity contribution in [2.24, 2.45) is 0 Å². The summed E-state index contributed by atoms with van der Waals surface area (Å²) in [6, 6.07) is 7.03. The van der Waals surface area contributed by atoms with Gasteiger partial charge in [-0.1, -0.05) is 39.1 Å². The van der Waals surface area contributed by atoms with Crippen molar-refractivity contribution in [2.75, 3.05) is 0 Å². The van der Waals surface area contributed by atoms with Gasteiger partial charge in [-0.3, -0.25) is 14.2 Å². The number of nitrogens with one attached hydrogen (secondary N) is 1. The van der Waals surface area contributed by atoms with Gasteiger partial charge in [0.25, 0.3) is 5.56 Å². The highest BCUT2D eigenvalue weighted by Gasteiger charge is 2.16. The Hall–Kier alpha value is -1.96. The molecule has 140 valence electrons. The first-order chi connectivity index (χ1) is 12.8. The van der Waals surface area contributed by atoms with Crippen LogP contribution in [-0.2, 0) is 11.3 Å². The highest BCUT2D eigenvalue weighted by atomic mass is 79.9. The summed E-state index contributed by atoms with van der Waals surface area (Å²) in [5.41, 5.74) is 0.594. The van der Waals surface area contributed by atoms with E-state index in [-0.39, 0.29) is 22.1 Å². The molecular formula is C18H13BrCl2FN3O2. The predicted octanol–water partition coefficient (Wildman–Crippen LogP) is 4.48. The van der Waals surface area contributed by atoms with E-state index < -0.39 is 17.8 Å². The topological polar surface area (TPSA) is 64.0 Å². The number of carbonyl (C=O) groups is 1. The minimum atomic E-state index is -0.627. The summed E-state index contributed by atoms with van der Waals surface area (Å²) in [5, 5.41) is 3.23. The molecule has 9 heteroatoms. The number of hydrogen-bond donors (Lipinski definition) is 1. The minimum Gasteiger partial charge on any atom is -0.348 e. The summed E-state index contributed by atoms with van der Waals surface area (Å²) >= 11 is 15.1. The van der Waals surface area contributed by atoms with Crippen molar-refractivity contribution in [3.05, 3.63) is 72.9 Å². The summed E-state index contributed by atoms with van der Waals surface area (Å²) in [5.74, 6) is -1.06. The molecule has 2 aromatic carbocycles. The first-order valence-corrected chi connectivity index (χ1v) is 9.39. The van der Waals surface area contributed by atoms with Crippen molar-refractivity contribution in [3.8, 4) is 0 Å². The lowest BCUT2D eigenvalue weighted by atomic mass is 10.1. The van der Waals surface area contributed by atoms with Crippen molar-refractivity contribution in [1.82, 2.24) is 14.9 Å². The van der Waals surface area contributed by atoms with Crippen molar-refractivity contribution < 1.29 is 9.18 Å². The normalized spacial score (nSPS) is 12.2. The highest BCUT2D eigenvalue weighted by molar-refractivity contribution is 9.10. The van der Waals surface area contributed by atoms with Crippen molar-refractivity contribution in [3.63, 3.8) is 0 Å². The van der Waals surface area contributed by atoms with Crippen molar-refractivity contribution in [1.29, 1.82) is 0 Å². The number of benzene rings is 2. The van der Waals surface area contributed by atoms with Crippen LogP contribution >= 0.6 is 39.1 Å². The van der Waals surface area contributed by atoms with Crippen LogP contribution in [0.3, 0.4) is 0 Å². The standard InChI is InChI=1S/C18H13BrCl2FN3O2/c1-9(11-5-15(22)14(21)6-13(11)20)24-17(26)7-25-8-23-16-3-2-10(19)4-12(16)18(25)27/h2-6,8-9H,7H2,1H3,(H,24,26). The molecule has 5 nitrogen and oxygen atoms in total. The number of fused-ring (bicyclic) bond motifs is 1. The van der Waals surface area contributed by atoms with Gasteiger partial charge in [-0.25, -0.2) is 9.37 Å². The van der Waals surface area contributed by atoms with Gasteiger partial charge in [0.1, 0.15) is 12.4 Å². The maximum atomic E-state index is 13.7. The molecule has 1 aromatic heterocycles. The molecule has 1 heterocycles. The Bertz CT molecular complexity index is 1100. The minimum absolute atomic E-state index is 0.0952. The number of aromatic nitrogens is 2. The zero-order valence-electron chi connectivity index (χ0n) is 14.0. The fraction of sp³-hybridized carbons (Fsp3) is 0.167. The van der Waals surface area contributed by atoms with Gasteiger partial charge in [-0.05, 0) is 42.8 Å². The molecule has 0 aliphatic heterocycles. The molecular weight excluding hydrogens is 460 g/mol. The third kappa shape index (κ3) is 4.31.